The van der Waals surface area contributed by atoms with E-state index in [1.807, 2.05) is 0 Å². The lowest BCUT2D eigenvalue weighted by Gasteiger charge is -2.15. The van der Waals surface area contributed by atoms with Crippen LogP contribution < -0.4 is 15.4 Å². The van der Waals surface area contributed by atoms with Crippen molar-refractivity contribution in [3.05, 3.63) is 57.6 Å². The normalized spacial score (nSPS) is 10.0. The number of carboxylic acids is 1. The number of ether oxygens (including phenoxy) is 1. The summed E-state index contributed by atoms with van der Waals surface area (Å²) in [5.74, 6) is -1.44. The first-order chi connectivity index (χ1) is 11.8. The van der Waals surface area contributed by atoms with Gasteiger partial charge in [-0.2, -0.15) is 0 Å². The van der Waals surface area contributed by atoms with Gasteiger partial charge in [-0.05, 0) is 42.5 Å². The van der Waals surface area contributed by atoms with E-state index in [2.05, 4.69) is 10.6 Å². The minimum Gasteiger partial charge on any atom is -0.493 e. The molecular formula is C16H12Cl2N2O4S. The van der Waals surface area contributed by atoms with Gasteiger partial charge in [-0.25, -0.2) is 4.79 Å². The van der Waals surface area contributed by atoms with Crippen LogP contribution in [0.2, 0.25) is 10.0 Å². The number of anilines is 1. The average molecular weight is 399 g/mol. The molecule has 9 heteroatoms. The van der Waals surface area contributed by atoms with Gasteiger partial charge in [-0.3, -0.25) is 10.1 Å². The fourth-order valence-electron chi connectivity index (χ4n) is 1.98. The van der Waals surface area contributed by atoms with Crippen molar-refractivity contribution in [2.75, 3.05) is 12.4 Å². The molecule has 2 aromatic carbocycles. The molecule has 0 fully saturated rings. The molecule has 0 aromatic heterocycles. The zero-order chi connectivity index (χ0) is 18.6. The van der Waals surface area contributed by atoms with Crippen molar-refractivity contribution in [2.24, 2.45) is 0 Å². The highest BCUT2D eigenvalue weighted by molar-refractivity contribution is 7.80. The van der Waals surface area contributed by atoms with Gasteiger partial charge in [-0.1, -0.05) is 29.3 Å². The van der Waals surface area contributed by atoms with E-state index in [0.29, 0.717) is 10.6 Å². The van der Waals surface area contributed by atoms with Gasteiger partial charge in [0, 0.05) is 10.6 Å². The maximum Gasteiger partial charge on any atom is 0.335 e. The van der Waals surface area contributed by atoms with Crippen molar-refractivity contribution in [3.8, 4) is 5.75 Å². The third-order valence-corrected chi connectivity index (χ3v) is 3.78. The van der Waals surface area contributed by atoms with E-state index >= 15 is 0 Å². The molecule has 3 N–H and O–H groups in total. The second-order valence-corrected chi connectivity index (χ2v) is 6.01. The summed E-state index contributed by atoms with van der Waals surface area (Å²) in [4.78, 5) is 23.3. The molecule has 2 aromatic rings. The second-order valence-electron chi connectivity index (χ2n) is 4.76. The summed E-state index contributed by atoms with van der Waals surface area (Å²) in [7, 11) is 1.38. The van der Waals surface area contributed by atoms with Gasteiger partial charge in [0.2, 0.25) is 0 Å². The molecule has 0 spiro atoms. The van der Waals surface area contributed by atoms with Crippen molar-refractivity contribution in [3.63, 3.8) is 0 Å². The summed E-state index contributed by atoms with van der Waals surface area (Å²) in [6.45, 7) is 0. The van der Waals surface area contributed by atoms with E-state index in [0.717, 1.165) is 0 Å². The Morgan fingerprint density at radius 3 is 2.48 bits per heavy atom. The topological polar surface area (TPSA) is 87.7 Å². The number of rotatable bonds is 4. The quantitative estimate of drug-likeness (QED) is 0.678. The maximum atomic E-state index is 12.1. The number of nitrogens with one attached hydrogen (secondary N) is 2. The first-order valence-electron chi connectivity index (χ1n) is 6.80. The first-order valence-corrected chi connectivity index (χ1v) is 7.97. The second kappa shape index (κ2) is 8.15. The number of aromatic carboxylic acids is 1. The lowest BCUT2D eigenvalue weighted by atomic mass is 10.2. The largest absolute Gasteiger partial charge is 0.493 e. The summed E-state index contributed by atoms with van der Waals surface area (Å²) in [6, 6.07) is 8.88. The zero-order valence-corrected chi connectivity index (χ0v) is 15.1. The Labute approximate surface area is 158 Å². The van der Waals surface area contributed by atoms with Gasteiger partial charge in [0.25, 0.3) is 5.91 Å². The van der Waals surface area contributed by atoms with Crippen LogP contribution in [0.4, 0.5) is 5.69 Å². The summed E-state index contributed by atoms with van der Waals surface area (Å²) in [5, 5.41) is 14.7. The van der Waals surface area contributed by atoms with Crippen LogP contribution in [0.25, 0.3) is 0 Å². The highest BCUT2D eigenvalue weighted by atomic mass is 35.5. The molecule has 0 saturated heterocycles. The van der Waals surface area contributed by atoms with Crippen LogP contribution in [0.3, 0.4) is 0 Å². The minimum absolute atomic E-state index is 0.0538. The molecule has 25 heavy (non-hydrogen) atoms. The number of thiocarbonyl (C=S) groups is 1. The Morgan fingerprint density at radius 1 is 1.16 bits per heavy atom. The standard InChI is InChI=1S/C16H12Cl2N2O4S/c1-24-13-11(18)6-9(15(22)23)7-12(13)19-16(25)20-14(21)8-3-2-4-10(17)5-8/h2-7H,1H3,(H,22,23)(H2,19,20,21,25). The number of carbonyl (C=O) groups excluding carboxylic acids is 1. The van der Waals surface area contributed by atoms with Gasteiger partial charge in [0.15, 0.2) is 10.9 Å². The Balaban J connectivity index is 2.19. The molecule has 0 unspecified atom stereocenters. The summed E-state index contributed by atoms with van der Waals surface area (Å²) >= 11 is 16.9. The molecule has 6 nitrogen and oxygen atoms in total. The molecular weight excluding hydrogens is 387 g/mol. The minimum atomic E-state index is -1.17. The fraction of sp³-hybridized carbons (Fsp3) is 0.0625. The Bertz CT molecular complexity index is 858. The van der Waals surface area contributed by atoms with Crippen LogP contribution in [-0.4, -0.2) is 29.2 Å². The predicted octanol–water partition coefficient (Wildman–Crippen LogP) is 3.83. The molecule has 0 aliphatic rings. The van der Waals surface area contributed by atoms with Crippen LogP contribution in [0, 0.1) is 0 Å². The number of amides is 1. The van der Waals surface area contributed by atoms with Crippen LogP contribution >= 0.6 is 35.4 Å². The number of hydrogen-bond donors (Lipinski definition) is 3. The molecule has 0 bridgehead atoms. The average Bonchev–Trinajstić information content (AvgIpc) is 2.54. The van der Waals surface area contributed by atoms with Crippen molar-refractivity contribution in [1.82, 2.24) is 5.32 Å². The smallest absolute Gasteiger partial charge is 0.335 e. The SMILES string of the molecule is COc1c(Cl)cc(C(=O)O)cc1NC(=S)NC(=O)c1cccc(Cl)c1. The molecule has 2 rings (SSSR count). The molecule has 0 heterocycles. The van der Waals surface area contributed by atoms with E-state index in [4.69, 9.17) is 45.3 Å². The van der Waals surface area contributed by atoms with Gasteiger partial charge >= 0.3 is 5.97 Å². The number of methoxy groups -OCH3 is 1. The van der Waals surface area contributed by atoms with Crippen molar-refractivity contribution in [1.29, 1.82) is 0 Å². The van der Waals surface area contributed by atoms with E-state index in [1.54, 1.807) is 18.2 Å². The summed E-state index contributed by atoms with van der Waals surface area (Å²) in [5.41, 5.74) is 0.474. The van der Waals surface area contributed by atoms with Gasteiger partial charge in [0.05, 0.1) is 23.4 Å². The van der Waals surface area contributed by atoms with E-state index in [-0.39, 0.29) is 27.1 Å². The molecule has 130 valence electrons. The number of benzene rings is 2. The molecule has 0 saturated carbocycles. The van der Waals surface area contributed by atoms with Crippen molar-refractivity contribution < 1.29 is 19.4 Å². The number of carbonyl (C=O) groups is 2. The third-order valence-electron chi connectivity index (χ3n) is 3.06. The third kappa shape index (κ3) is 4.82. The highest BCUT2D eigenvalue weighted by Crippen LogP contribution is 2.34. The lowest BCUT2D eigenvalue weighted by Crippen LogP contribution is -2.34. The molecule has 0 radical (unpaired) electrons. The van der Waals surface area contributed by atoms with Gasteiger partial charge < -0.3 is 15.2 Å². The van der Waals surface area contributed by atoms with E-state index < -0.39 is 11.9 Å². The maximum absolute atomic E-state index is 12.1. The number of carboxylic acid groups (broad SMARTS) is 1. The van der Waals surface area contributed by atoms with E-state index in [9.17, 15) is 9.59 Å². The van der Waals surface area contributed by atoms with Gasteiger partial charge in [0.1, 0.15) is 0 Å². The Kier molecular flexibility index (Phi) is 6.19. The van der Waals surface area contributed by atoms with Crippen LogP contribution in [-0.2, 0) is 0 Å². The van der Waals surface area contributed by atoms with E-state index in [1.165, 1.54) is 25.3 Å². The molecule has 0 aliphatic carbocycles. The fourth-order valence-corrected chi connectivity index (χ4v) is 2.67. The summed E-state index contributed by atoms with van der Waals surface area (Å²) < 4.78 is 5.14. The molecule has 1 amide bonds. The zero-order valence-electron chi connectivity index (χ0n) is 12.8. The molecule has 0 atom stereocenters. The lowest BCUT2D eigenvalue weighted by molar-refractivity contribution is 0.0696. The predicted molar refractivity (Wildman–Crippen MR) is 100 cm³/mol. The summed E-state index contributed by atoms with van der Waals surface area (Å²) in [6.07, 6.45) is 0. The van der Waals surface area contributed by atoms with Crippen LogP contribution in [0.15, 0.2) is 36.4 Å². The van der Waals surface area contributed by atoms with Crippen LogP contribution in [0.5, 0.6) is 5.75 Å². The number of hydrogen-bond acceptors (Lipinski definition) is 4. The molecule has 0 aliphatic heterocycles. The Hall–Kier alpha value is -2.35. The van der Waals surface area contributed by atoms with Crippen LogP contribution in [0.1, 0.15) is 20.7 Å². The monoisotopic (exact) mass is 398 g/mol. The van der Waals surface area contributed by atoms with Crippen molar-refractivity contribution in [2.45, 2.75) is 0 Å². The van der Waals surface area contributed by atoms with Crippen molar-refractivity contribution >= 4 is 58.1 Å². The highest BCUT2D eigenvalue weighted by Gasteiger charge is 2.16. The Morgan fingerprint density at radius 2 is 1.88 bits per heavy atom. The number of halogens is 2. The van der Waals surface area contributed by atoms with Gasteiger partial charge in [-0.15, -0.1) is 0 Å². The first kappa shape index (κ1) is 19.0.